The maximum absolute atomic E-state index is 9.60. The standard InChI is InChI=1S/C4H6O2.C3H4O2.2Zn/c1-3(2)4(5)6;1-2-3(4)5;;/h1H2,2H3,(H,5,6);2H,1H2,(H,4,5);;. The molecule has 0 aliphatic heterocycles. The van der Waals surface area contributed by atoms with Crippen LogP contribution in [0.3, 0.4) is 0 Å². The fourth-order valence-electron chi connectivity index (χ4n) is 0. The minimum absolute atomic E-state index is 0. The van der Waals surface area contributed by atoms with Crippen LogP contribution in [0.5, 0.6) is 0 Å². The van der Waals surface area contributed by atoms with Crippen LogP contribution in [0.1, 0.15) is 6.92 Å². The molecule has 6 heteroatoms. The molecule has 0 aromatic heterocycles. The van der Waals surface area contributed by atoms with Gasteiger partial charge in [-0.05, 0) is 6.92 Å². The van der Waals surface area contributed by atoms with Crippen molar-refractivity contribution in [3.63, 3.8) is 0 Å². The summed E-state index contributed by atoms with van der Waals surface area (Å²) < 4.78 is 0. The number of hydrogen-bond acceptors (Lipinski definition) is 2. The molecule has 0 aliphatic rings. The molecule has 4 nitrogen and oxygen atoms in total. The van der Waals surface area contributed by atoms with Crippen LogP contribution in [-0.2, 0) is 48.5 Å². The zero-order valence-electron chi connectivity index (χ0n) is 7.62. The number of carbonyl (C=O) groups is 2. The van der Waals surface area contributed by atoms with E-state index < -0.39 is 11.9 Å². The Labute approximate surface area is 102 Å². The first-order chi connectivity index (χ1) is 4.91. The van der Waals surface area contributed by atoms with Crippen molar-refractivity contribution in [3.8, 4) is 0 Å². The van der Waals surface area contributed by atoms with Gasteiger partial charge in [0.2, 0.25) is 0 Å². The Morgan fingerprint density at radius 1 is 1.23 bits per heavy atom. The van der Waals surface area contributed by atoms with Crippen molar-refractivity contribution in [2.75, 3.05) is 0 Å². The van der Waals surface area contributed by atoms with E-state index in [1.165, 1.54) is 6.92 Å². The third-order valence-electron chi connectivity index (χ3n) is 0.540. The van der Waals surface area contributed by atoms with E-state index in [0.717, 1.165) is 6.08 Å². The number of aliphatic carboxylic acids is 2. The Morgan fingerprint density at radius 3 is 1.38 bits per heavy atom. The molecule has 0 bridgehead atoms. The van der Waals surface area contributed by atoms with E-state index in [2.05, 4.69) is 13.2 Å². The van der Waals surface area contributed by atoms with Gasteiger partial charge in [0, 0.05) is 50.6 Å². The van der Waals surface area contributed by atoms with Gasteiger partial charge in [0.15, 0.2) is 0 Å². The van der Waals surface area contributed by atoms with E-state index in [9.17, 15) is 9.59 Å². The SMILES string of the molecule is C=C(C)C(=O)O.C=CC(=O)O.[Zn].[Zn]. The normalized spacial score (nSPS) is 5.92. The Morgan fingerprint density at radius 2 is 1.38 bits per heavy atom. The Bertz CT molecular complexity index is 177. The summed E-state index contributed by atoms with van der Waals surface area (Å²) in [7, 11) is 0. The summed E-state index contributed by atoms with van der Waals surface area (Å²) in [4.78, 5) is 18.8. The van der Waals surface area contributed by atoms with Crippen molar-refractivity contribution >= 4 is 11.9 Å². The first kappa shape index (κ1) is 23.0. The van der Waals surface area contributed by atoms with Crippen LogP contribution in [0.15, 0.2) is 24.8 Å². The molecule has 66 valence electrons. The molecule has 0 unspecified atom stereocenters. The predicted octanol–water partition coefficient (Wildman–Crippen LogP) is 0.899. The van der Waals surface area contributed by atoms with Gasteiger partial charge in [-0.25, -0.2) is 9.59 Å². The van der Waals surface area contributed by atoms with Gasteiger partial charge in [-0.2, -0.15) is 0 Å². The Kier molecular flexibility index (Phi) is 25.1. The largest absolute Gasteiger partial charge is 0.478 e. The maximum Gasteiger partial charge on any atom is 0.330 e. The third kappa shape index (κ3) is 34.0. The quantitative estimate of drug-likeness (QED) is 0.585. The molecular formula is C7H10O4Zn2. The average molecular weight is 289 g/mol. The first-order valence-corrected chi connectivity index (χ1v) is 2.66. The summed E-state index contributed by atoms with van der Waals surface area (Å²) in [5.74, 6) is -1.92. The fourth-order valence-corrected chi connectivity index (χ4v) is 0. The monoisotopic (exact) mass is 286 g/mol. The van der Waals surface area contributed by atoms with Gasteiger partial charge in [-0.15, -0.1) is 0 Å². The van der Waals surface area contributed by atoms with E-state index >= 15 is 0 Å². The van der Waals surface area contributed by atoms with Crippen LogP contribution in [0.25, 0.3) is 0 Å². The second-order valence-corrected chi connectivity index (χ2v) is 1.63. The van der Waals surface area contributed by atoms with Gasteiger partial charge in [-0.3, -0.25) is 0 Å². The summed E-state index contributed by atoms with van der Waals surface area (Å²) in [6.45, 7) is 7.56. The smallest absolute Gasteiger partial charge is 0.330 e. The second-order valence-electron chi connectivity index (χ2n) is 1.63. The minimum Gasteiger partial charge on any atom is -0.478 e. The second kappa shape index (κ2) is 14.2. The van der Waals surface area contributed by atoms with Crippen LogP contribution in [-0.4, -0.2) is 22.2 Å². The van der Waals surface area contributed by atoms with Gasteiger partial charge < -0.3 is 10.2 Å². The molecule has 0 fully saturated rings. The Hall–Kier alpha value is -0.333. The maximum atomic E-state index is 9.60. The topological polar surface area (TPSA) is 74.6 Å². The van der Waals surface area contributed by atoms with Gasteiger partial charge in [0.25, 0.3) is 0 Å². The molecular weight excluding hydrogens is 279 g/mol. The van der Waals surface area contributed by atoms with Crippen LogP contribution < -0.4 is 0 Å². The number of carboxylic acid groups (broad SMARTS) is 2. The molecule has 0 aliphatic carbocycles. The summed E-state index contributed by atoms with van der Waals surface area (Å²) in [6, 6.07) is 0. The molecule has 0 radical (unpaired) electrons. The molecule has 0 amide bonds. The minimum atomic E-state index is -0.981. The van der Waals surface area contributed by atoms with Crippen LogP contribution >= 0.6 is 0 Å². The number of hydrogen-bond donors (Lipinski definition) is 2. The van der Waals surface area contributed by atoms with Crippen molar-refractivity contribution in [2.24, 2.45) is 0 Å². The molecule has 0 spiro atoms. The molecule has 0 heterocycles. The van der Waals surface area contributed by atoms with Crippen molar-refractivity contribution in [1.82, 2.24) is 0 Å². The molecule has 0 atom stereocenters. The molecule has 13 heavy (non-hydrogen) atoms. The average Bonchev–Trinajstić information content (AvgIpc) is 1.89. The molecule has 0 aromatic carbocycles. The van der Waals surface area contributed by atoms with Crippen molar-refractivity contribution in [2.45, 2.75) is 6.92 Å². The predicted molar refractivity (Wildman–Crippen MR) is 40.3 cm³/mol. The summed E-state index contributed by atoms with van der Waals surface area (Å²) >= 11 is 0. The zero-order chi connectivity index (χ0) is 9.44. The van der Waals surface area contributed by atoms with Gasteiger partial charge >= 0.3 is 11.9 Å². The summed E-state index contributed by atoms with van der Waals surface area (Å²) in [5, 5.41) is 15.5. The van der Waals surface area contributed by atoms with E-state index in [0.29, 0.717) is 0 Å². The van der Waals surface area contributed by atoms with E-state index in [4.69, 9.17) is 10.2 Å². The zero-order valence-corrected chi connectivity index (χ0v) is 13.6. The van der Waals surface area contributed by atoms with E-state index in [1.807, 2.05) is 0 Å². The van der Waals surface area contributed by atoms with Crippen molar-refractivity contribution in [1.29, 1.82) is 0 Å². The van der Waals surface area contributed by atoms with Crippen LogP contribution in [0.4, 0.5) is 0 Å². The van der Waals surface area contributed by atoms with Gasteiger partial charge in [0.05, 0.1) is 0 Å². The number of carboxylic acids is 2. The molecule has 0 rings (SSSR count). The van der Waals surface area contributed by atoms with E-state index in [1.54, 1.807) is 0 Å². The first-order valence-electron chi connectivity index (χ1n) is 2.66. The molecule has 2 N–H and O–H groups in total. The summed E-state index contributed by atoms with van der Waals surface area (Å²) in [6.07, 6.45) is 0.833. The molecule has 0 saturated carbocycles. The Balaban J connectivity index is -0.0000000546. The van der Waals surface area contributed by atoms with Gasteiger partial charge in [0.1, 0.15) is 0 Å². The van der Waals surface area contributed by atoms with Gasteiger partial charge in [-0.1, -0.05) is 13.2 Å². The fraction of sp³-hybridized carbons (Fsp3) is 0.143. The van der Waals surface area contributed by atoms with E-state index in [-0.39, 0.29) is 44.5 Å². The van der Waals surface area contributed by atoms with Crippen molar-refractivity contribution < 1.29 is 58.8 Å². The molecule has 0 saturated heterocycles. The van der Waals surface area contributed by atoms with Crippen molar-refractivity contribution in [3.05, 3.63) is 24.8 Å². The van der Waals surface area contributed by atoms with Crippen LogP contribution in [0.2, 0.25) is 0 Å². The summed E-state index contributed by atoms with van der Waals surface area (Å²) in [5.41, 5.74) is 0.176. The molecule has 0 aromatic rings. The third-order valence-corrected chi connectivity index (χ3v) is 0.540. The van der Waals surface area contributed by atoms with Crippen LogP contribution in [0, 0.1) is 0 Å². The number of rotatable bonds is 2.